The summed E-state index contributed by atoms with van der Waals surface area (Å²) in [6.07, 6.45) is 6.66. The summed E-state index contributed by atoms with van der Waals surface area (Å²) in [5.74, 6) is 0.386. The fourth-order valence-electron chi connectivity index (χ4n) is 2.84. The molecular formula is C14H16N2O2. The monoisotopic (exact) mass is 244 g/mol. The van der Waals surface area contributed by atoms with Gasteiger partial charge in [0.25, 0.3) is 0 Å². The molecule has 94 valence electrons. The summed E-state index contributed by atoms with van der Waals surface area (Å²) in [7, 11) is 0. The first-order chi connectivity index (χ1) is 8.66. The van der Waals surface area contributed by atoms with Gasteiger partial charge in [-0.25, -0.2) is 9.78 Å². The maximum atomic E-state index is 11.3. The van der Waals surface area contributed by atoms with E-state index in [1.807, 2.05) is 29.7 Å². The standard InChI is InChI=1S/C14H16N2O2/c1-9-6-7-11-12(14(17)18)15-13(16(11)8-9)10-4-2-3-5-10/h6-8,10H,2-5H2,1H3,(H,17,18). The van der Waals surface area contributed by atoms with Crippen molar-refractivity contribution in [2.75, 3.05) is 0 Å². The molecule has 3 rings (SSSR count). The van der Waals surface area contributed by atoms with Crippen molar-refractivity contribution in [1.82, 2.24) is 9.38 Å². The number of rotatable bonds is 2. The number of carbonyl (C=O) groups is 1. The number of imidazole rings is 1. The smallest absolute Gasteiger partial charge is 0.356 e. The topological polar surface area (TPSA) is 54.6 Å². The lowest BCUT2D eigenvalue weighted by Crippen LogP contribution is -2.00. The van der Waals surface area contributed by atoms with Gasteiger partial charge in [-0.1, -0.05) is 18.9 Å². The van der Waals surface area contributed by atoms with Crippen LogP contribution in [-0.4, -0.2) is 20.5 Å². The molecule has 0 unspecified atom stereocenters. The number of hydrogen-bond donors (Lipinski definition) is 1. The minimum atomic E-state index is -0.944. The van der Waals surface area contributed by atoms with Crippen LogP contribution >= 0.6 is 0 Å². The molecule has 1 saturated carbocycles. The van der Waals surface area contributed by atoms with E-state index >= 15 is 0 Å². The Morgan fingerprint density at radius 3 is 2.78 bits per heavy atom. The molecule has 18 heavy (non-hydrogen) atoms. The molecule has 0 amide bonds. The first-order valence-electron chi connectivity index (χ1n) is 6.38. The van der Waals surface area contributed by atoms with Crippen molar-refractivity contribution in [3.05, 3.63) is 35.4 Å². The number of nitrogens with zero attached hydrogens (tertiary/aromatic N) is 2. The number of hydrogen-bond acceptors (Lipinski definition) is 2. The Labute approximate surface area is 105 Å². The van der Waals surface area contributed by atoms with Crippen molar-refractivity contribution in [3.8, 4) is 0 Å². The molecule has 1 aliphatic carbocycles. The third-order valence-electron chi connectivity index (χ3n) is 3.74. The van der Waals surface area contributed by atoms with Crippen molar-refractivity contribution >= 4 is 11.5 Å². The molecule has 2 aromatic rings. The first kappa shape index (κ1) is 11.3. The molecule has 4 nitrogen and oxygen atoms in total. The van der Waals surface area contributed by atoms with Crippen molar-refractivity contribution in [3.63, 3.8) is 0 Å². The fraction of sp³-hybridized carbons (Fsp3) is 0.429. The molecule has 0 spiro atoms. The number of aromatic carboxylic acids is 1. The largest absolute Gasteiger partial charge is 0.476 e. The van der Waals surface area contributed by atoms with Gasteiger partial charge < -0.3 is 9.51 Å². The Bertz CT molecular complexity index is 610. The van der Waals surface area contributed by atoms with Gasteiger partial charge in [-0.3, -0.25) is 0 Å². The molecule has 2 heterocycles. The summed E-state index contributed by atoms with van der Waals surface area (Å²) in [4.78, 5) is 15.6. The summed E-state index contributed by atoms with van der Waals surface area (Å²) >= 11 is 0. The summed E-state index contributed by atoms with van der Waals surface area (Å²) in [6.45, 7) is 2.01. The Morgan fingerprint density at radius 2 is 2.11 bits per heavy atom. The van der Waals surface area contributed by atoms with E-state index in [0.29, 0.717) is 11.4 Å². The summed E-state index contributed by atoms with van der Waals surface area (Å²) < 4.78 is 1.97. The van der Waals surface area contributed by atoms with E-state index < -0.39 is 5.97 Å². The number of fused-ring (bicyclic) bond motifs is 1. The van der Waals surface area contributed by atoms with Crippen LogP contribution in [0.3, 0.4) is 0 Å². The minimum absolute atomic E-state index is 0.178. The maximum absolute atomic E-state index is 11.3. The van der Waals surface area contributed by atoms with Gasteiger partial charge in [0.05, 0.1) is 5.52 Å². The Balaban J connectivity index is 2.23. The normalized spacial score (nSPS) is 16.5. The van der Waals surface area contributed by atoms with Crippen LogP contribution in [0.15, 0.2) is 18.3 Å². The number of aromatic nitrogens is 2. The number of pyridine rings is 1. The Morgan fingerprint density at radius 1 is 1.39 bits per heavy atom. The van der Waals surface area contributed by atoms with E-state index in [-0.39, 0.29) is 5.69 Å². The maximum Gasteiger partial charge on any atom is 0.356 e. The van der Waals surface area contributed by atoms with E-state index in [0.717, 1.165) is 24.2 Å². The zero-order chi connectivity index (χ0) is 12.7. The van der Waals surface area contributed by atoms with Crippen molar-refractivity contribution in [2.45, 2.75) is 38.5 Å². The highest BCUT2D eigenvalue weighted by atomic mass is 16.4. The molecule has 1 fully saturated rings. The van der Waals surface area contributed by atoms with Crippen LogP contribution in [0.1, 0.15) is 53.5 Å². The minimum Gasteiger partial charge on any atom is -0.476 e. The molecule has 0 atom stereocenters. The quantitative estimate of drug-likeness (QED) is 0.883. The average Bonchev–Trinajstić information content (AvgIpc) is 2.93. The van der Waals surface area contributed by atoms with Gasteiger partial charge in [0, 0.05) is 12.1 Å². The zero-order valence-electron chi connectivity index (χ0n) is 10.4. The van der Waals surface area contributed by atoms with Gasteiger partial charge in [0.2, 0.25) is 0 Å². The van der Waals surface area contributed by atoms with Crippen molar-refractivity contribution < 1.29 is 9.90 Å². The SMILES string of the molecule is Cc1ccc2c(C(=O)O)nc(C3CCCC3)n2c1. The molecule has 0 radical (unpaired) electrons. The van der Waals surface area contributed by atoms with Gasteiger partial charge in [-0.05, 0) is 31.4 Å². The van der Waals surface area contributed by atoms with Crippen LogP contribution in [0.5, 0.6) is 0 Å². The van der Waals surface area contributed by atoms with E-state index in [1.165, 1.54) is 12.8 Å². The fourth-order valence-corrected chi connectivity index (χ4v) is 2.84. The molecule has 1 N–H and O–H groups in total. The van der Waals surface area contributed by atoms with Crippen molar-refractivity contribution in [2.24, 2.45) is 0 Å². The van der Waals surface area contributed by atoms with Crippen LogP contribution in [0.25, 0.3) is 5.52 Å². The lowest BCUT2D eigenvalue weighted by molar-refractivity contribution is 0.0693. The second-order valence-corrected chi connectivity index (χ2v) is 5.07. The molecule has 4 heteroatoms. The van der Waals surface area contributed by atoms with Crippen molar-refractivity contribution in [1.29, 1.82) is 0 Å². The highest BCUT2D eigenvalue weighted by molar-refractivity contribution is 5.93. The van der Waals surface area contributed by atoms with Gasteiger partial charge in [0.15, 0.2) is 5.69 Å². The predicted octanol–water partition coefficient (Wildman–Crippen LogP) is 3.00. The summed E-state index contributed by atoms with van der Waals surface area (Å²) in [5.41, 5.74) is 2.00. The van der Waals surface area contributed by atoms with Gasteiger partial charge >= 0.3 is 5.97 Å². The van der Waals surface area contributed by atoms with E-state index in [2.05, 4.69) is 4.98 Å². The Hall–Kier alpha value is -1.84. The second kappa shape index (κ2) is 4.12. The van der Waals surface area contributed by atoms with Gasteiger partial charge in [-0.15, -0.1) is 0 Å². The van der Waals surface area contributed by atoms with E-state index in [9.17, 15) is 9.90 Å². The second-order valence-electron chi connectivity index (χ2n) is 5.07. The molecular weight excluding hydrogens is 228 g/mol. The highest BCUT2D eigenvalue weighted by Gasteiger charge is 2.25. The van der Waals surface area contributed by atoms with E-state index in [1.54, 1.807) is 0 Å². The third-order valence-corrected chi connectivity index (χ3v) is 3.74. The van der Waals surface area contributed by atoms with E-state index in [4.69, 9.17) is 0 Å². The number of carboxylic acid groups (broad SMARTS) is 1. The Kier molecular flexibility index (Phi) is 2.58. The average molecular weight is 244 g/mol. The van der Waals surface area contributed by atoms with Gasteiger partial charge in [0.1, 0.15) is 5.82 Å². The lowest BCUT2D eigenvalue weighted by Gasteiger charge is -2.08. The summed E-state index contributed by atoms with van der Waals surface area (Å²) in [5, 5.41) is 9.23. The van der Waals surface area contributed by atoms with Crippen LogP contribution in [0, 0.1) is 6.92 Å². The zero-order valence-corrected chi connectivity index (χ0v) is 10.4. The van der Waals surface area contributed by atoms with Gasteiger partial charge in [-0.2, -0.15) is 0 Å². The van der Waals surface area contributed by atoms with Crippen LogP contribution in [0.4, 0.5) is 0 Å². The predicted molar refractivity (Wildman–Crippen MR) is 68.1 cm³/mol. The third kappa shape index (κ3) is 1.68. The molecule has 0 saturated heterocycles. The molecule has 1 aliphatic rings. The van der Waals surface area contributed by atoms with Crippen LogP contribution in [-0.2, 0) is 0 Å². The molecule has 0 bridgehead atoms. The van der Waals surface area contributed by atoms with Crippen LogP contribution < -0.4 is 0 Å². The highest BCUT2D eigenvalue weighted by Crippen LogP contribution is 2.34. The van der Waals surface area contributed by atoms with Crippen LogP contribution in [0.2, 0.25) is 0 Å². The number of aryl methyl sites for hydroxylation is 1. The molecule has 2 aromatic heterocycles. The molecule has 0 aliphatic heterocycles. The number of carboxylic acids is 1. The lowest BCUT2D eigenvalue weighted by atomic mass is 10.1. The molecule has 0 aromatic carbocycles. The summed E-state index contributed by atoms with van der Waals surface area (Å²) in [6, 6.07) is 3.78. The first-order valence-corrected chi connectivity index (χ1v) is 6.38.